The van der Waals surface area contributed by atoms with Gasteiger partial charge in [-0.3, -0.25) is 14.9 Å². The Morgan fingerprint density at radius 2 is 1.96 bits per heavy atom. The molecule has 2 heterocycles. The van der Waals surface area contributed by atoms with Gasteiger partial charge >= 0.3 is 6.03 Å². The van der Waals surface area contributed by atoms with Crippen molar-refractivity contribution >= 4 is 52.2 Å². The predicted molar refractivity (Wildman–Crippen MR) is 98.0 cm³/mol. The minimum Gasteiger partial charge on any atom is -0.492 e. The Morgan fingerprint density at radius 3 is 2.64 bits per heavy atom. The smallest absolute Gasteiger partial charge is 0.336 e. The zero-order valence-corrected chi connectivity index (χ0v) is 15.3. The van der Waals surface area contributed by atoms with Crippen LogP contribution in [0.15, 0.2) is 46.4 Å². The van der Waals surface area contributed by atoms with E-state index < -0.39 is 17.8 Å². The summed E-state index contributed by atoms with van der Waals surface area (Å²) in [5.41, 5.74) is 0.0657. The Hall–Kier alpha value is -2.62. The molecule has 0 unspecified atom stereocenters. The van der Waals surface area contributed by atoms with Crippen molar-refractivity contribution in [2.45, 2.75) is 6.92 Å². The molecular weight excluding hydrogens is 439 g/mol. The number of halogens is 1. The van der Waals surface area contributed by atoms with Gasteiger partial charge in [-0.1, -0.05) is 12.1 Å². The SMILES string of the molecule is CCOc1ccccc1N1C(=O)NC(=O)/C(=C\c2ccc(I)o2)C1=O. The Kier molecular flexibility index (Phi) is 4.88. The molecule has 1 aromatic heterocycles. The summed E-state index contributed by atoms with van der Waals surface area (Å²) >= 11 is 1.97. The minimum absolute atomic E-state index is 0.198. The number of hydrogen-bond donors (Lipinski definition) is 1. The van der Waals surface area contributed by atoms with Gasteiger partial charge in [0.25, 0.3) is 11.8 Å². The number of carbonyl (C=O) groups excluding carboxylic acids is 3. The summed E-state index contributed by atoms with van der Waals surface area (Å²) in [4.78, 5) is 38.0. The number of rotatable bonds is 4. The molecule has 1 aromatic carbocycles. The third-order valence-corrected chi connectivity index (χ3v) is 3.97. The zero-order chi connectivity index (χ0) is 18.0. The van der Waals surface area contributed by atoms with E-state index in [9.17, 15) is 14.4 Å². The van der Waals surface area contributed by atoms with E-state index in [0.29, 0.717) is 21.9 Å². The number of hydrogen-bond acceptors (Lipinski definition) is 5. The van der Waals surface area contributed by atoms with Gasteiger partial charge in [0.15, 0.2) is 3.77 Å². The van der Waals surface area contributed by atoms with Gasteiger partial charge in [0.05, 0.1) is 12.3 Å². The highest BCUT2D eigenvalue weighted by molar-refractivity contribution is 14.1. The topological polar surface area (TPSA) is 88.8 Å². The molecule has 1 aliphatic heterocycles. The van der Waals surface area contributed by atoms with E-state index in [4.69, 9.17) is 9.15 Å². The summed E-state index contributed by atoms with van der Waals surface area (Å²) < 4.78 is 11.4. The number of urea groups is 1. The first-order chi connectivity index (χ1) is 12.0. The molecule has 8 heteroatoms. The Morgan fingerprint density at radius 1 is 1.20 bits per heavy atom. The standard InChI is InChI=1S/C17H13IN2O5/c1-2-24-13-6-4-3-5-12(13)20-16(22)11(15(21)19-17(20)23)9-10-7-8-14(18)25-10/h3-9H,2H2,1H3,(H,19,21,23)/b11-9+. The maximum absolute atomic E-state index is 12.8. The van der Waals surface area contributed by atoms with Crippen LogP contribution >= 0.6 is 22.6 Å². The second-order valence-electron chi connectivity index (χ2n) is 5.00. The van der Waals surface area contributed by atoms with Gasteiger partial charge < -0.3 is 9.15 Å². The van der Waals surface area contributed by atoms with E-state index in [0.717, 1.165) is 4.90 Å². The summed E-state index contributed by atoms with van der Waals surface area (Å²) in [6.07, 6.45) is 1.31. The molecule has 0 aliphatic carbocycles. The van der Waals surface area contributed by atoms with Gasteiger partial charge in [-0.25, -0.2) is 9.69 Å². The van der Waals surface area contributed by atoms with Gasteiger partial charge in [-0.15, -0.1) is 0 Å². The van der Waals surface area contributed by atoms with Crippen molar-refractivity contribution < 1.29 is 23.5 Å². The van der Waals surface area contributed by atoms with Crippen molar-refractivity contribution in [3.8, 4) is 5.75 Å². The first-order valence-corrected chi connectivity index (χ1v) is 8.47. The maximum atomic E-state index is 12.8. The molecule has 0 bridgehead atoms. The monoisotopic (exact) mass is 452 g/mol. The highest BCUT2D eigenvalue weighted by Gasteiger charge is 2.38. The number of carbonyl (C=O) groups is 3. The lowest BCUT2D eigenvalue weighted by Crippen LogP contribution is -2.54. The highest BCUT2D eigenvalue weighted by atomic mass is 127. The first-order valence-electron chi connectivity index (χ1n) is 7.40. The van der Waals surface area contributed by atoms with Crippen LogP contribution in [0.1, 0.15) is 12.7 Å². The third-order valence-electron chi connectivity index (χ3n) is 3.39. The summed E-state index contributed by atoms with van der Waals surface area (Å²) in [6, 6.07) is 9.13. The van der Waals surface area contributed by atoms with Crippen molar-refractivity contribution in [3.63, 3.8) is 0 Å². The molecule has 1 aliphatic rings. The van der Waals surface area contributed by atoms with E-state index in [2.05, 4.69) is 5.32 Å². The average molecular weight is 452 g/mol. The summed E-state index contributed by atoms with van der Waals surface area (Å²) in [5.74, 6) is -0.802. The molecule has 1 fully saturated rings. The molecule has 0 saturated carbocycles. The zero-order valence-electron chi connectivity index (χ0n) is 13.1. The number of anilines is 1. The molecule has 0 atom stereocenters. The summed E-state index contributed by atoms with van der Waals surface area (Å²) in [5, 5.41) is 2.16. The second-order valence-corrected chi connectivity index (χ2v) is 6.06. The van der Waals surface area contributed by atoms with Crippen molar-refractivity contribution in [3.05, 3.63) is 51.5 Å². The van der Waals surface area contributed by atoms with E-state index in [1.165, 1.54) is 6.08 Å². The first kappa shape index (κ1) is 17.2. The number of nitrogens with zero attached hydrogens (tertiary/aromatic N) is 1. The van der Waals surface area contributed by atoms with Gasteiger partial charge in [0.1, 0.15) is 17.1 Å². The van der Waals surface area contributed by atoms with Gasteiger partial charge in [-0.05, 0) is 59.9 Å². The molecule has 3 rings (SSSR count). The van der Waals surface area contributed by atoms with Crippen LogP contribution in [0, 0.1) is 3.77 Å². The molecule has 1 saturated heterocycles. The van der Waals surface area contributed by atoms with E-state index >= 15 is 0 Å². The second kappa shape index (κ2) is 7.09. The fraction of sp³-hybridized carbons (Fsp3) is 0.118. The lowest BCUT2D eigenvalue weighted by molar-refractivity contribution is -0.122. The van der Waals surface area contributed by atoms with Crippen LogP contribution in [0.25, 0.3) is 6.08 Å². The Balaban J connectivity index is 2.03. The molecule has 2 aromatic rings. The van der Waals surface area contributed by atoms with Crippen LogP contribution in [-0.2, 0) is 9.59 Å². The number of barbiturate groups is 1. The van der Waals surface area contributed by atoms with Crippen LogP contribution in [0.4, 0.5) is 10.5 Å². The van der Waals surface area contributed by atoms with Crippen LogP contribution in [-0.4, -0.2) is 24.5 Å². The molecule has 0 radical (unpaired) electrons. The van der Waals surface area contributed by atoms with Gasteiger partial charge in [0, 0.05) is 0 Å². The minimum atomic E-state index is -0.826. The van der Waals surface area contributed by atoms with Crippen molar-refractivity contribution in [2.24, 2.45) is 0 Å². The number of ether oxygens (including phenoxy) is 1. The molecule has 7 nitrogen and oxygen atoms in total. The number of nitrogens with one attached hydrogen (secondary N) is 1. The molecule has 0 spiro atoms. The van der Waals surface area contributed by atoms with Crippen molar-refractivity contribution in [1.29, 1.82) is 0 Å². The average Bonchev–Trinajstić information content (AvgIpc) is 2.98. The number of amides is 4. The van der Waals surface area contributed by atoms with Crippen LogP contribution < -0.4 is 15.0 Å². The normalized spacial score (nSPS) is 16.3. The van der Waals surface area contributed by atoms with E-state index in [1.54, 1.807) is 43.3 Å². The number of imide groups is 2. The predicted octanol–water partition coefficient (Wildman–Crippen LogP) is 2.95. The van der Waals surface area contributed by atoms with Crippen LogP contribution in [0.5, 0.6) is 5.75 Å². The number of furan rings is 1. The lowest BCUT2D eigenvalue weighted by Gasteiger charge is -2.27. The fourth-order valence-corrected chi connectivity index (χ4v) is 2.78. The third kappa shape index (κ3) is 3.43. The van der Waals surface area contributed by atoms with Crippen LogP contribution in [0.2, 0.25) is 0 Å². The molecular formula is C17H13IN2O5. The molecule has 4 amide bonds. The lowest BCUT2D eigenvalue weighted by atomic mass is 10.1. The summed E-state index contributed by atoms with van der Waals surface area (Å²) in [7, 11) is 0. The Bertz CT molecular complexity index is 887. The number of benzene rings is 1. The van der Waals surface area contributed by atoms with E-state index in [1.807, 2.05) is 22.6 Å². The number of para-hydroxylation sites is 2. The van der Waals surface area contributed by atoms with Gasteiger partial charge in [-0.2, -0.15) is 0 Å². The van der Waals surface area contributed by atoms with Gasteiger partial charge in [0.2, 0.25) is 0 Å². The maximum Gasteiger partial charge on any atom is 0.336 e. The molecule has 1 N–H and O–H groups in total. The fourth-order valence-electron chi connectivity index (χ4n) is 2.34. The molecule has 128 valence electrons. The van der Waals surface area contributed by atoms with E-state index in [-0.39, 0.29) is 11.3 Å². The quantitative estimate of drug-likeness (QED) is 0.438. The molecule has 25 heavy (non-hydrogen) atoms. The highest BCUT2D eigenvalue weighted by Crippen LogP contribution is 2.31. The van der Waals surface area contributed by atoms with Crippen molar-refractivity contribution in [2.75, 3.05) is 11.5 Å². The van der Waals surface area contributed by atoms with Crippen LogP contribution in [0.3, 0.4) is 0 Å². The Labute approximate surface area is 156 Å². The van der Waals surface area contributed by atoms with Crippen molar-refractivity contribution in [1.82, 2.24) is 5.32 Å². The largest absolute Gasteiger partial charge is 0.492 e. The summed E-state index contributed by atoms with van der Waals surface area (Å²) in [6.45, 7) is 2.16.